The number of hydrogen-bond donors (Lipinski definition) is 1. The van der Waals surface area contributed by atoms with E-state index in [1.165, 1.54) is 4.90 Å². The molecule has 1 aromatic heterocycles. The third kappa shape index (κ3) is 2.42. The van der Waals surface area contributed by atoms with Crippen molar-refractivity contribution in [2.45, 2.75) is 32.2 Å². The third-order valence-electron chi connectivity index (χ3n) is 5.62. The van der Waals surface area contributed by atoms with E-state index in [-0.39, 0.29) is 23.9 Å². The van der Waals surface area contributed by atoms with Crippen LogP contribution in [0.15, 0.2) is 47.3 Å². The van der Waals surface area contributed by atoms with Gasteiger partial charge in [-0.2, -0.15) is 0 Å². The molecule has 0 unspecified atom stereocenters. The van der Waals surface area contributed by atoms with Gasteiger partial charge in [-0.3, -0.25) is 19.3 Å². The summed E-state index contributed by atoms with van der Waals surface area (Å²) < 4.78 is 0. The molecular formula is C22H18N2O3. The Morgan fingerprint density at radius 2 is 1.52 bits per heavy atom. The second kappa shape index (κ2) is 5.91. The first kappa shape index (κ1) is 16.0. The predicted octanol–water partition coefficient (Wildman–Crippen LogP) is 3.20. The lowest BCUT2D eigenvalue weighted by atomic mass is 9.89. The first-order valence-electron chi connectivity index (χ1n) is 9.25. The molecule has 5 nitrogen and oxygen atoms in total. The van der Waals surface area contributed by atoms with Crippen LogP contribution in [0, 0.1) is 0 Å². The first-order valence-corrected chi connectivity index (χ1v) is 9.25. The largest absolute Gasteiger partial charge is 0.322 e. The summed E-state index contributed by atoms with van der Waals surface area (Å²) >= 11 is 0. The van der Waals surface area contributed by atoms with E-state index < -0.39 is 0 Å². The molecule has 3 aromatic rings. The highest BCUT2D eigenvalue weighted by molar-refractivity contribution is 6.21. The second-order valence-corrected chi connectivity index (χ2v) is 7.24. The van der Waals surface area contributed by atoms with E-state index in [0.717, 1.165) is 53.3 Å². The number of aromatic nitrogens is 1. The fourth-order valence-corrected chi connectivity index (χ4v) is 4.27. The number of fused-ring (bicyclic) bond motifs is 4. The molecule has 2 amide bonds. The van der Waals surface area contributed by atoms with Crippen LogP contribution >= 0.6 is 0 Å². The fourth-order valence-electron chi connectivity index (χ4n) is 4.27. The number of imide groups is 1. The smallest absolute Gasteiger partial charge is 0.261 e. The van der Waals surface area contributed by atoms with Crippen LogP contribution in [0.4, 0.5) is 0 Å². The summed E-state index contributed by atoms with van der Waals surface area (Å²) in [6, 6.07) is 12.7. The average Bonchev–Trinajstić information content (AvgIpc) is 2.93. The average molecular weight is 358 g/mol. The van der Waals surface area contributed by atoms with Gasteiger partial charge in [0.1, 0.15) is 0 Å². The maximum atomic E-state index is 12.6. The number of hydrogen-bond acceptors (Lipinski definition) is 3. The number of nitrogens with zero attached hydrogens (tertiary/aromatic N) is 1. The van der Waals surface area contributed by atoms with Crippen LogP contribution < -0.4 is 5.56 Å². The number of nitrogens with one attached hydrogen (secondary N) is 1. The molecule has 0 bridgehead atoms. The van der Waals surface area contributed by atoms with Crippen LogP contribution in [0.25, 0.3) is 10.9 Å². The van der Waals surface area contributed by atoms with Crippen molar-refractivity contribution in [1.29, 1.82) is 0 Å². The van der Waals surface area contributed by atoms with Crippen molar-refractivity contribution >= 4 is 22.7 Å². The zero-order valence-corrected chi connectivity index (χ0v) is 14.7. The molecule has 5 heteroatoms. The number of pyridine rings is 1. The Hall–Kier alpha value is -3.21. The van der Waals surface area contributed by atoms with Crippen molar-refractivity contribution in [2.24, 2.45) is 0 Å². The van der Waals surface area contributed by atoms with E-state index in [1.54, 1.807) is 24.3 Å². The SMILES string of the molecule is O=C1c2ccccc2C(=O)N1Cc1ccc2c3c(c(=O)[nH]c2c1)CCCC3. The van der Waals surface area contributed by atoms with Crippen LogP contribution in [0.1, 0.15) is 50.2 Å². The van der Waals surface area contributed by atoms with Gasteiger partial charge in [-0.05, 0) is 55.0 Å². The molecular weight excluding hydrogens is 340 g/mol. The third-order valence-corrected chi connectivity index (χ3v) is 5.62. The van der Waals surface area contributed by atoms with Gasteiger partial charge < -0.3 is 4.98 Å². The van der Waals surface area contributed by atoms with E-state index >= 15 is 0 Å². The minimum Gasteiger partial charge on any atom is -0.322 e. The Morgan fingerprint density at radius 3 is 2.22 bits per heavy atom. The molecule has 1 aliphatic carbocycles. The predicted molar refractivity (Wildman–Crippen MR) is 102 cm³/mol. The van der Waals surface area contributed by atoms with Crippen molar-refractivity contribution in [2.75, 3.05) is 0 Å². The van der Waals surface area contributed by atoms with Crippen molar-refractivity contribution in [1.82, 2.24) is 9.88 Å². The lowest BCUT2D eigenvalue weighted by molar-refractivity contribution is 0.0642. The molecule has 1 N–H and O–H groups in total. The summed E-state index contributed by atoms with van der Waals surface area (Å²) in [5.74, 6) is -0.538. The fraction of sp³-hybridized carbons (Fsp3) is 0.227. The summed E-state index contributed by atoms with van der Waals surface area (Å²) in [6.45, 7) is 0.196. The Kier molecular flexibility index (Phi) is 3.50. The molecule has 2 aliphatic rings. The lowest BCUT2D eigenvalue weighted by Gasteiger charge is -2.18. The van der Waals surface area contributed by atoms with Gasteiger partial charge in [-0.1, -0.05) is 24.3 Å². The van der Waals surface area contributed by atoms with Gasteiger partial charge in [-0.25, -0.2) is 0 Å². The van der Waals surface area contributed by atoms with Gasteiger partial charge in [0, 0.05) is 16.5 Å². The van der Waals surface area contributed by atoms with Crippen molar-refractivity contribution in [3.63, 3.8) is 0 Å². The molecule has 0 fully saturated rings. The quantitative estimate of drug-likeness (QED) is 0.715. The van der Waals surface area contributed by atoms with Gasteiger partial charge in [0.05, 0.1) is 17.7 Å². The van der Waals surface area contributed by atoms with E-state index in [9.17, 15) is 14.4 Å². The van der Waals surface area contributed by atoms with Crippen LogP contribution in [-0.4, -0.2) is 21.7 Å². The highest BCUT2D eigenvalue weighted by Crippen LogP contribution is 2.28. The Morgan fingerprint density at radius 1 is 0.852 bits per heavy atom. The standard InChI is InChI=1S/C22H18N2O3/c25-20-16-6-2-1-5-14(16)15-10-9-13(11-19(15)23-20)12-24-21(26)17-7-3-4-8-18(17)22(24)27/h3-4,7-11H,1-2,5-6,12H2,(H,23,25). The van der Waals surface area contributed by atoms with Gasteiger partial charge >= 0.3 is 0 Å². The molecule has 5 rings (SSSR count). The van der Waals surface area contributed by atoms with Crippen LogP contribution in [-0.2, 0) is 19.4 Å². The molecule has 2 heterocycles. The Balaban J connectivity index is 1.53. The number of benzene rings is 2. The highest BCUT2D eigenvalue weighted by Gasteiger charge is 2.35. The van der Waals surface area contributed by atoms with Gasteiger partial charge in [0.15, 0.2) is 0 Å². The van der Waals surface area contributed by atoms with Crippen molar-refractivity contribution < 1.29 is 9.59 Å². The molecule has 0 saturated carbocycles. The normalized spacial score (nSPS) is 15.9. The zero-order valence-electron chi connectivity index (χ0n) is 14.7. The van der Waals surface area contributed by atoms with Crippen molar-refractivity contribution in [3.8, 4) is 0 Å². The number of carbonyl (C=O) groups excluding carboxylic acids is 2. The summed E-state index contributed by atoms with van der Waals surface area (Å²) in [7, 11) is 0. The molecule has 2 aromatic carbocycles. The monoisotopic (exact) mass is 358 g/mol. The first-order chi connectivity index (χ1) is 13.1. The maximum Gasteiger partial charge on any atom is 0.261 e. The minimum absolute atomic E-state index is 0.0184. The number of aryl methyl sites for hydroxylation is 1. The summed E-state index contributed by atoms with van der Waals surface area (Å²) in [6.07, 6.45) is 3.91. The van der Waals surface area contributed by atoms with Gasteiger partial charge in [0.2, 0.25) is 0 Å². The molecule has 134 valence electrons. The van der Waals surface area contributed by atoms with Crippen LogP contribution in [0.2, 0.25) is 0 Å². The summed E-state index contributed by atoms with van der Waals surface area (Å²) in [5, 5.41) is 1.07. The second-order valence-electron chi connectivity index (χ2n) is 7.24. The summed E-state index contributed by atoms with van der Waals surface area (Å²) in [5.41, 5.74) is 4.53. The van der Waals surface area contributed by atoms with Gasteiger partial charge in [0.25, 0.3) is 17.4 Å². The molecule has 1 aliphatic heterocycles. The van der Waals surface area contributed by atoms with E-state index in [1.807, 2.05) is 18.2 Å². The van der Waals surface area contributed by atoms with Crippen LogP contribution in [0.5, 0.6) is 0 Å². The zero-order chi connectivity index (χ0) is 18.5. The lowest BCUT2D eigenvalue weighted by Crippen LogP contribution is -2.29. The molecule has 0 spiro atoms. The number of H-pyrrole nitrogens is 1. The topological polar surface area (TPSA) is 70.2 Å². The number of rotatable bonds is 2. The Bertz CT molecular complexity index is 1140. The molecule has 27 heavy (non-hydrogen) atoms. The van der Waals surface area contributed by atoms with E-state index in [4.69, 9.17) is 0 Å². The highest BCUT2D eigenvalue weighted by atomic mass is 16.2. The Labute approximate surface area is 155 Å². The van der Waals surface area contributed by atoms with Crippen molar-refractivity contribution in [3.05, 3.63) is 80.6 Å². The van der Waals surface area contributed by atoms with Crippen LogP contribution in [0.3, 0.4) is 0 Å². The molecule has 0 saturated heterocycles. The van der Waals surface area contributed by atoms with E-state index in [0.29, 0.717) is 11.1 Å². The van der Waals surface area contributed by atoms with Gasteiger partial charge in [-0.15, -0.1) is 0 Å². The maximum absolute atomic E-state index is 12.6. The molecule has 0 atom stereocenters. The number of carbonyl (C=O) groups is 2. The van der Waals surface area contributed by atoms with E-state index in [2.05, 4.69) is 4.98 Å². The minimum atomic E-state index is -0.269. The number of amides is 2. The number of aromatic amines is 1. The molecule has 0 radical (unpaired) electrons. The summed E-state index contributed by atoms with van der Waals surface area (Å²) in [4.78, 5) is 41.8.